The van der Waals surface area contributed by atoms with E-state index >= 15 is 0 Å². The van der Waals surface area contributed by atoms with Crippen LogP contribution in [0.2, 0.25) is 0 Å². The molecule has 3 heteroatoms. The molecule has 0 spiro atoms. The Bertz CT molecular complexity index is 174. The maximum Gasteiger partial charge on any atom is 0.0105 e. The monoisotopic (exact) mass is 241 g/mol. The molecule has 0 saturated carbocycles. The third-order valence-corrected chi connectivity index (χ3v) is 3.72. The highest BCUT2D eigenvalue weighted by Gasteiger charge is 2.17. The lowest BCUT2D eigenvalue weighted by molar-refractivity contribution is 0.186. The van der Waals surface area contributed by atoms with Gasteiger partial charge in [0.05, 0.1) is 0 Å². The van der Waals surface area contributed by atoms with Gasteiger partial charge in [-0.3, -0.25) is 0 Å². The predicted molar refractivity (Wildman–Crippen MR) is 75.2 cm³/mol. The van der Waals surface area contributed by atoms with Gasteiger partial charge in [0.15, 0.2) is 0 Å². The van der Waals surface area contributed by atoms with Crippen molar-refractivity contribution in [1.29, 1.82) is 0 Å². The number of likely N-dealkylation sites (tertiary alicyclic amines) is 1. The minimum atomic E-state index is 0.804. The first-order valence-corrected chi connectivity index (χ1v) is 7.35. The zero-order valence-corrected chi connectivity index (χ0v) is 11.8. The van der Waals surface area contributed by atoms with E-state index in [4.69, 9.17) is 5.73 Å². The summed E-state index contributed by atoms with van der Waals surface area (Å²) in [6, 6.07) is 0. The Labute approximate surface area is 107 Å². The van der Waals surface area contributed by atoms with Gasteiger partial charge in [-0.2, -0.15) is 0 Å². The molecule has 0 unspecified atom stereocenters. The van der Waals surface area contributed by atoms with Crippen LogP contribution in [0.4, 0.5) is 0 Å². The molecule has 3 nitrogen and oxygen atoms in total. The lowest BCUT2D eigenvalue weighted by Gasteiger charge is -2.31. The van der Waals surface area contributed by atoms with E-state index in [0.29, 0.717) is 0 Å². The minimum absolute atomic E-state index is 0.804. The van der Waals surface area contributed by atoms with Crippen LogP contribution in [0.3, 0.4) is 0 Å². The molecule has 0 aromatic rings. The van der Waals surface area contributed by atoms with Crippen LogP contribution in [0.1, 0.15) is 39.5 Å². The van der Waals surface area contributed by atoms with E-state index in [9.17, 15) is 0 Å². The SMILES string of the molecule is CC(C)CCCNCC1CCN(CCN)CC1. The average Bonchev–Trinajstić information content (AvgIpc) is 2.31. The van der Waals surface area contributed by atoms with Crippen molar-refractivity contribution in [2.45, 2.75) is 39.5 Å². The predicted octanol–water partition coefficient (Wildman–Crippen LogP) is 1.68. The second-order valence-electron chi connectivity index (χ2n) is 5.81. The highest BCUT2D eigenvalue weighted by molar-refractivity contribution is 4.73. The van der Waals surface area contributed by atoms with Gasteiger partial charge >= 0.3 is 0 Å². The van der Waals surface area contributed by atoms with Gasteiger partial charge in [0.1, 0.15) is 0 Å². The van der Waals surface area contributed by atoms with E-state index in [1.54, 1.807) is 0 Å². The van der Waals surface area contributed by atoms with Gasteiger partial charge in [-0.05, 0) is 63.7 Å². The average molecular weight is 241 g/mol. The van der Waals surface area contributed by atoms with E-state index in [1.807, 2.05) is 0 Å². The molecule has 1 heterocycles. The summed E-state index contributed by atoms with van der Waals surface area (Å²) in [5, 5.41) is 3.61. The highest BCUT2D eigenvalue weighted by atomic mass is 15.1. The Morgan fingerprint density at radius 3 is 2.59 bits per heavy atom. The summed E-state index contributed by atoms with van der Waals surface area (Å²) in [7, 11) is 0. The van der Waals surface area contributed by atoms with Gasteiger partial charge in [0.25, 0.3) is 0 Å². The molecular formula is C14H31N3. The van der Waals surface area contributed by atoms with Crippen LogP contribution in [0.5, 0.6) is 0 Å². The summed E-state index contributed by atoms with van der Waals surface area (Å²) in [5.41, 5.74) is 5.58. The third-order valence-electron chi connectivity index (χ3n) is 3.72. The van der Waals surface area contributed by atoms with Crippen LogP contribution in [-0.4, -0.2) is 44.2 Å². The molecule has 1 rings (SSSR count). The van der Waals surface area contributed by atoms with Gasteiger partial charge in [0.2, 0.25) is 0 Å². The smallest absolute Gasteiger partial charge is 0.0105 e. The van der Waals surface area contributed by atoms with Crippen LogP contribution in [0.25, 0.3) is 0 Å². The molecule has 1 fully saturated rings. The maximum atomic E-state index is 5.58. The quantitative estimate of drug-likeness (QED) is 0.635. The fraction of sp³-hybridized carbons (Fsp3) is 1.00. The summed E-state index contributed by atoms with van der Waals surface area (Å²) >= 11 is 0. The maximum absolute atomic E-state index is 5.58. The Balaban J connectivity index is 1.95. The second kappa shape index (κ2) is 8.90. The van der Waals surface area contributed by atoms with Crippen molar-refractivity contribution < 1.29 is 0 Å². The zero-order valence-electron chi connectivity index (χ0n) is 11.8. The Hall–Kier alpha value is -0.120. The van der Waals surface area contributed by atoms with Crippen molar-refractivity contribution in [1.82, 2.24) is 10.2 Å². The van der Waals surface area contributed by atoms with Crippen LogP contribution in [0, 0.1) is 11.8 Å². The summed E-state index contributed by atoms with van der Waals surface area (Å²) in [4.78, 5) is 2.50. The molecule has 0 radical (unpaired) electrons. The summed E-state index contributed by atoms with van der Waals surface area (Å²) in [6.45, 7) is 11.4. The Morgan fingerprint density at radius 1 is 1.29 bits per heavy atom. The normalized spacial score (nSPS) is 19.1. The molecule has 0 atom stereocenters. The lowest BCUT2D eigenvalue weighted by atomic mass is 9.96. The number of nitrogens with two attached hydrogens (primary N) is 1. The highest BCUT2D eigenvalue weighted by Crippen LogP contribution is 2.15. The van der Waals surface area contributed by atoms with Crippen LogP contribution >= 0.6 is 0 Å². The van der Waals surface area contributed by atoms with Crippen molar-refractivity contribution in [2.24, 2.45) is 17.6 Å². The third kappa shape index (κ3) is 7.02. The number of nitrogens with zero attached hydrogens (tertiary/aromatic N) is 1. The molecule has 1 aliphatic rings. The first-order chi connectivity index (χ1) is 8.22. The first-order valence-electron chi connectivity index (χ1n) is 7.35. The first kappa shape index (κ1) is 14.9. The number of hydrogen-bond donors (Lipinski definition) is 2. The van der Waals surface area contributed by atoms with Crippen LogP contribution in [-0.2, 0) is 0 Å². The molecule has 1 saturated heterocycles. The van der Waals surface area contributed by atoms with Crippen LogP contribution in [0.15, 0.2) is 0 Å². The molecule has 0 aromatic carbocycles. The van der Waals surface area contributed by atoms with Gasteiger partial charge in [-0.15, -0.1) is 0 Å². The van der Waals surface area contributed by atoms with Crippen molar-refractivity contribution in [2.75, 3.05) is 39.3 Å². The van der Waals surface area contributed by atoms with Gasteiger partial charge in [0, 0.05) is 13.1 Å². The van der Waals surface area contributed by atoms with E-state index in [1.165, 1.54) is 51.9 Å². The minimum Gasteiger partial charge on any atom is -0.329 e. The fourth-order valence-electron chi connectivity index (χ4n) is 2.54. The molecule has 0 amide bonds. The number of rotatable bonds is 8. The summed E-state index contributed by atoms with van der Waals surface area (Å²) in [5.74, 6) is 1.74. The van der Waals surface area contributed by atoms with Gasteiger partial charge in [-0.25, -0.2) is 0 Å². The van der Waals surface area contributed by atoms with E-state index in [2.05, 4.69) is 24.1 Å². The van der Waals surface area contributed by atoms with Crippen molar-refractivity contribution in [3.8, 4) is 0 Å². The molecular weight excluding hydrogens is 210 g/mol. The van der Waals surface area contributed by atoms with Crippen LogP contribution < -0.4 is 11.1 Å². The second-order valence-corrected chi connectivity index (χ2v) is 5.81. The standard InChI is InChI=1S/C14H31N3/c1-13(2)4-3-8-16-12-14-5-9-17(10-6-14)11-7-15/h13-14,16H,3-12,15H2,1-2H3. The van der Waals surface area contributed by atoms with E-state index in [0.717, 1.165) is 24.9 Å². The number of nitrogens with one attached hydrogen (secondary N) is 1. The fourth-order valence-corrected chi connectivity index (χ4v) is 2.54. The zero-order chi connectivity index (χ0) is 12.5. The van der Waals surface area contributed by atoms with Crippen molar-refractivity contribution >= 4 is 0 Å². The molecule has 0 aromatic heterocycles. The number of piperidine rings is 1. The molecule has 3 N–H and O–H groups in total. The van der Waals surface area contributed by atoms with E-state index in [-0.39, 0.29) is 0 Å². The summed E-state index contributed by atoms with van der Waals surface area (Å²) in [6.07, 6.45) is 5.36. The molecule has 1 aliphatic heterocycles. The van der Waals surface area contributed by atoms with Crippen molar-refractivity contribution in [3.63, 3.8) is 0 Å². The molecule has 0 aliphatic carbocycles. The van der Waals surface area contributed by atoms with Gasteiger partial charge in [-0.1, -0.05) is 13.8 Å². The molecule has 102 valence electrons. The summed E-state index contributed by atoms with van der Waals surface area (Å²) < 4.78 is 0. The van der Waals surface area contributed by atoms with Gasteiger partial charge < -0.3 is 16.0 Å². The molecule has 0 bridgehead atoms. The van der Waals surface area contributed by atoms with Crippen molar-refractivity contribution in [3.05, 3.63) is 0 Å². The number of hydrogen-bond acceptors (Lipinski definition) is 3. The lowest BCUT2D eigenvalue weighted by Crippen LogP contribution is -2.39. The Morgan fingerprint density at radius 2 is 2.00 bits per heavy atom. The topological polar surface area (TPSA) is 41.3 Å². The Kier molecular flexibility index (Phi) is 7.82. The molecule has 17 heavy (non-hydrogen) atoms. The van der Waals surface area contributed by atoms with E-state index < -0.39 is 0 Å². The largest absolute Gasteiger partial charge is 0.329 e.